The number of halogens is 1. The molecule has 0 bridgehead atoms. The van der Waals surface area contributed by atoms with E-state index in [0.717, 1.165) is 11.4 Å². The number of nitrogens with one attached hydrogen (secondary N) is 2. The normalized spacial score (nSPS) is 10.3. The third kappa shape index (κ3) is 4.18. The van der Waals surface area contributed by atoms with Crippen molar-refractivity contribution in [3.8, 4) is 11.5 Å². The average molecular weight is 354 g/mol. The lowest BCUT2D eigenvalue weighted by Crippen LogP contribution is -2.02. The molecule has 0 aliphatic heterocycles. The number of methoxy groups -OCH3 is 2. The molecule has 0 aliphatic carbocycles. The van der Waals surface area contributed by atoms with Crippen molar-refractivity contribution in [3.63, 3.8) is 0 Å². The maximum atomic E-state index is 13.0. The number of aryl methyl sites for hydroxylation is 1. The predicted molar refractivity (Wildman–Crippen MR) is 99.3 cm³/mol. The number of hydrogen-bond acceptors (Lipinski definition) is 6. The van der Waals surface area contributed by atoms with Gasteiger partial charge in [0.25, 0.3) is 0 Å². The molecule has 1 aromatic heterocycles. The van der Waals surface area contributed by atoms with Crippen molar-refractivity contribution in [1.29, 1.82) is 0 Å². The van der Waals surface area contributed by atoms with Gasteiger partial charge in [-0.15, -0.1) is 0 Å². The largest absolute Gasteiger partial charge is 0.497 e. The summed E-state index contributed by atoms with van der Waals surface area (Å²) in [7, 11) is 3.20. The van der Waals surface area contributed by atoms with Gasteiger partial charge in [0.05, 0.1) is 19.9 Å². The Kier molecular flexibility index (Phi) is 5.17. The van der Waals surface area contributed by atoms with Crippen LogP contribution >= 0.6 is 0 Å². The molecular formula is C19H19FN4O2. The summed E-state index contributed by atoms with van der Waals surface area (Å²) < 4.78 is 23.7. The van der Waals surface area contributed by atoms with E-state index in [-0.39, 0.29) is 5.82 Å². The van der Waals surface area contributed by atoms with Gasteiger partial charge in [-0.2, -0.15) is 0 Å². The highest BCUT2D eigenvalue weighted by molar-refractivity contribution is 5.68. The van der Waals surface area contributed by atoms with Gasteiger partial charge < -0.3 is 20.1 Å². The van der Waals surface area contributed by atoms with E-state index in [9.17, 15) is 4.39 Å². The van der Waals surface area contributed by atoms with Gasteiger partial charge >= 0.3 is 0 Å². The van der Waals surface area contributed by atoms with Crippen LogP contribution < -0.4 is 20.1 Å². The summed E-state index contributed by atoms with van der Waals surface area (Å²) in [5, 5.41) is 6.35. The standard InChI is InChI=1S/C19H19FN4O2/c1-12-21-18(23-14-6-4-13(20)5-7-14)11-19(22-12)24-16-10-15(25-2)8-9-17(16)26-3/h4-11H,1-3H3,(H2,21,22,23,24). The number of nitrogens with zero attached hydrogens (tertiary/aromatic N) is 2. The number of ether oxygens (including phenoxy) is 2. The van der Waals surface area contributed by atoms with E-state index in [0.29, 0.717) is 29.0 Å². The highest BCUT2D eigenvalue weighted by atomic mass is 19.1. The summed E-state index contributed by atoms with van der Waals surface area (Å²) in [5.41, 5.74) is 1.45. The van der Waals surface area contributed by atoms with Crippen LogP contribution in [0.3, 0.4) is 0 Å². The number of rotatable bonds is 6. The molecule has 26 heavy (non-hydrogen) atoms. The summed E-state index contributed by atoms with van der Waals surface area (Å²) in [4.78, 5) is 8.75. The molecule has 3 aromatic rings. The van der Waals surface area contributed by atoms with Gasteiger partial charge in [0, 0.05) is 17.8 Å². The first-order valence-corrected chi connectivity index (χ1v) is 7.94. The maximum Gasteiger partial charge on any atom is 0.142 e. The fraction of sp³-hybridized carbons (Fsp3) is 0.158. The molecule has 0 unspecified atom stereocenters. The number of anilines is 4. The highest BCUT2D eigenvalue weighted by Crippen LogP contribution is 2.31. The van der Waals surface area contributed by atoms with Crippen LogP contribution in [0, 0.1) is 12.7 Å². The molecule has 134 valence electrons. The molecule has 2 aromatic carbocycles. The molecule has 2 N–H and O–H groups in total. The molecule has 1 heterocycles. The molecule has 0 fully saturated rings. The van der Waals surface area contributed by atoms with Crippen molar-refractivity contribution in [1.82, 2.24) is 9.97 Å². The molecule has 7 heteroatoms. The Morgan fingerprint density at radius 1 is 0.846 bits per heavy atom. The van der Waals surface area contributed by atoms with Gasteiger partial charge in [-0.05, 0) is 43.3 Å². The lowest BCUT2D eigenvalue weighted by Gasteiger charge is -2.13. The maximum absolute atomic E-state index is 13.0. The fourth-order valence-corrected chi connectivity index (χ4v) is 2.43. The summed E-state index contributed by atoms with van der Waals surface area (Å²) in [6.45, 7) is 1.80. The molecular weight excluding hydrogens is 335 g/mol. The van der Waals surface area contributed by atoms with Crippen LogP contribution in [0.15, 0.2) is 48.5 Å². The van der Waals surface area contributed by atoms with Gasteiger partial charge in [0.15, 0.2) is 0 Å². The van der Waals surface area contributed by atoms with Crippen LogP contribution in [0.2, 0.25) is 0 Å². The highest BCUT2D eigenvalue weighted by Gasteiger charge is 2.08. The van der Waals surface area contributed by atoms with E-state index in [1.54, 1.807) is 39.3 Å². The Balaban J connectivity index is 1.87. The quantitative estimate of drug-likeness (QED) is 0.683. The van der Waals surface area contributed by atoms with Crippen molar-refractivity contribution in [3.05, 3.63) is 60.2 Å². The Morgan fingerprint density at radius 3 is 2.19 bits per heavy atom. The van der Waals surface area contributed by atoms with Crippen LogP contribution in [0.5, 0.6) is 11.5 Å². The third-order valence-corrected chi connectivity index (χ3v) is 3.62. The van der Waals surface area contributed by atoms with Crippen molar-refractivity contribution in [2.75, 3.05) is 24.9 Å². The lowest BCUT2D eigenvalue weighted by molar-refractivity contribution is 0.405. The van der Waals surface area contributed by atoms with Crippen LogP contribution in [0.25, 0.3) is 0 Å². The molecule has 6 nitrogen and oxygen atoms in total. The minimum atomic E-state index is -0.290. The van der Waals surface area contributed by atoms with E-state index in [1.165, 1.54) is 12.1 Å². The number of aromatic nitrogens is 2. The van der Waals surface area contributed by atoms with Crippen molar-refractivity contribution < 1.29 is 13.9 Å². The van der Waals surface area contributed by atoms with Crippen molar-refractivity contribution in [2.45, 2.75) is 6.92 Å². The fourth-order valence-electron chi connectivity index (χ4n) is 2.43. The zero-order chi connectivity index (χ0) is 18.5. The average Bonchev–Trinajstić information content (AvgIpc) is 2.63. The SMILES string of the molecule is COc1ccc(OC)c(Nc2cc(Nc3ccc(F)cc3)nc(C)n2)c1. The van der Waals surface area contributed by atoms with Crippen LogP contribution in [0.1, 0.15) is 5.82 Å². The molecule has 0 amide bonds. The third-order valence-electron chi connectivity index (χ3n) is 3.62. The monoisotopic (exact) mass is 354 g/mol. The summed E-state index contributed by atoms with van der Waals surface area (Å²) in [6.07, 6.45) is 0. The van der Waals surface area contributed by atoms with Crippen LogP contribution in [-0.2, 0) is 0 Å². The second kappa shape index (κ2) is 7.69. The minimum Gasteiger partial charge on any atom is -0.497 e. The molecule has 0 radical (unpaired) electrons. The van der Waals surface area contributed by atoms with Gasteiger partial charge in [0.1, 0.15) is 34.8 Å². The van der Waals surface area contributed by atoms with E-state index in [4.69, 9.17) is 9.47 Å². The predicted octanol–water partition coefficient (Wildman–Crippen LogP) is 4.43. The van der Waals surface area contributed by atoms with E-state index in [2.05, 4.69) is 20.6 Å². The van der Waals surface area contributed by atoms with Crippen molar-refractivity contribution in [2.24, 2.45) is 0 Å². The molecule has 0 saturated heterocycles. The Morgan fingerprint density at radius 2 is 1.54 bits per heavy atom. The van der Waals surface area contributed by atoms with E-state index >= 15 is 0 Å². The Bertz CT molecular complexity index is 901. The first-order valence-electron chi connectivity index (χ1n) is 7.94. The van der Waals surface area contributed by atoms with Gasteiger partial charge in [-0.1, -0.05) is 0 Å². The van der Waals surface area contributed by atoms with Gasteiger partial charge in [0.2, 0.25) is 0 Å². The van der Waals surface area contributed by atoms with Gasteiger partial charge in [-0.3, -0.25) is 0 Å². The second-order valence-electron chi connectivity index (χ2n) is 5.51. The number of hydrogen-bond donors (Lipinski definition) is 2. The zero-order valence-electron chi connectivity index (χ0n) is 14.7. The topological polar surface area (TPSA) is 68.3 Å². The van der Waals surface area contributed by atoms with E-state index in [1.807, 2.05) is 18.2 Å². The first kappa shape index (κ1) is 17.5. The van der Waals surface area contributed by atoms with Crippen molar-refractivity contribution >= 4 is 23.0 Å². The van der Waals surface area contributed by atoms with Crippen LogP contribution in [-0.4, -0.2) is 24.2 Å². The summed E-state index contributed by atoms with van der Waals surface area (Å²) >= 11 is 0. The Hall–Kier alpha value is -3.35. The summed E-state index contributed by atoms with van der Waals surface area (Å²) in [6, 6.07) is 13.3. The first-order chi connectivity index (χ1) is 12.6. The van der Waals surface area contributed by atoms with Gasteiger partial charge in [-0.25, -0.2) is 14.4 Å². The molecule has 3 rings (SSSR count). The number of benzene rings is 2. The molecule has 0 spiro atoms. The molecule has 0 atom stereocenters. The van der Waals surface area contributed by atoms with E-state index < -0.39 is 0 Å². The lowest BCUT2D eigenvalue weighted by atomic mass is 10.2. The smallest absolute Gasteiger partial charge is 0.142 e. The second-order valence-corrected chi connectivity index (χ2v) is 5.51. The minimum absolute atomic E-state index is 0.290. The Labute approximate surface area is 151 Å². The molecule has 0 aliphatic rings. The zero-order valence-corrected chi connectivity index (χ0v) is 14.7. The molecule has 0 saturated carbocycles. The summed E-state index contributed by atoms with van der Waals surface area (Å²) in [5.74, 6) is 2.84. The van der Waals surface area contributed by atoms with Crippen LogP contribution in [0.4, 0.5) is 27.4 Å².